The van der Waals surface area contributed by atoms with Gasteiger partial charge in [0.05, 0.1) is 6.54 Å². The summed E-state index contributed by atoms with van der Waals surface area (Å²) < 4.78 is 13.0. The molecule has 2 aliphatic rings. The summed E-state index contributed by atoms with van der Waals surface area (Å²) in [6.07, 6.45) is 6.26. The van der Waals surface area contributed by atoms with Crippen molar-refractivity contribution in [3.05, 3.63) is 30.1 Å². The maximum absolute atomic E-state index is 13.0. The topological polar surface area (TPSA) is 65.5 Å². The molecule has 1 amide bonds. The van der Waals surface area contributed by atoms with Gasteiger partial charge in [0, 0.05) is 35.2 Å². The zero-order valence-electron chi connectivity index (χ0n) is 16.5. The summed E-state index contributed by atoms with van der Waals surface area (Å²) in [6.45, 7) is 3.53. The van der Waals surface area contributed by atoms with E-state index in [0.29, 0.717) is 12.6 Å². The lowest BCUT2D eigenvalue weighted by atomic mass is 9.85. The molecular weight excluding hydrogens is 375 g/mol. The van der Waals surface area contributed by atoms with E-state index < -0.39 is 0 Å². The molecule has 2 aliphatic carbocycles. The number of carbonyl (C=O) groups is 1. The fourth-order valence-electron chi connectivity index (χ4n) is 3.47. The van der Waals surface area contributed by atoms with E-state index >= 15 is 0 Å². The quantitative estimate of drug-likeness (QED) is 0.268. The van der Waals surface area contributed by atoms with Gasteiger partial charge in [0.2, 0.25) is 5.91 Å². The van der Waals surface area contributed by atoms with Crippen LogP contribution in [0.1, 0.15) is 45.4 Å². The molecule has 7 heteroatoms. The van der Waals surface area contributed by atoms with Crippen molar-refractivity contribution >= 4 is 23.6 Å². The van der Waals surface area contributed by atoms with Crippen molar-refractivity contribution in [2.75, 3.05) is 18.8 Å². The summed E-state index contributed by atoms with van der Waals surface area (Å²) in [7, 11) is 0. The van der Waals surface area contributed by atoms with E-state index in [0.717, 1.165) is 61.7 Å². The SMILES string of the molecule is CCNC(=NCCSc1ccc(F)cc1)NC1CCCC(C(=O)NC2CC2)C1. The Morgan fingerprint density at radius 3 is 2.64 bits per heavy atom. The van der Waals surface area contributed by atoms with Crippen molar-refractivity contribution in [2.45, 2.75) is 62.4 Å². The highest BCUT2D eigenvalue weighted by atomic mass is 32.2. The lowest BCUT2D eigenvalue weighted by Crippen LogP contribution is -2.47. The van der Waals surface area contributed by atoms with Crippen LogP contribution in [0.5, 0.6) is 0 Å². The second-order valence-electron chi connectivity index (χ2n) is 7.55. The van der Waals surface area contributed by atoms with Gasteiger partial charge in [-0.1, -0.05) is 6.42 Å². The number of carbonyl (C=O) groups excluding carboxylic acids is 1. The summed E-state index contributed by atoms with van der Waals surface area (Å²) in [4.78, 5) is 18.1. The zero-order valence-corrected chi connectivity index (χ0v) is 17.4. The van der Waals surface area contributed by atoms with E-state index in [1.807, 2.05) is 0 Å². The minimum Gasteiger partial charge on any atom is -0.357 e. The lowest BCUT2D eigenvalue weighted by Gasteiger charge is -2.30. The molecule has 0 radical (unpaired) electrons. The van der Waals surface area contributed by atoms with E-state index in [-0.39, 0.29) is 23.7 Å². The second-order valence-corrected chi connectivity index (χ2v) is 8.72. The number of halogens is 1. The molecule has 0 aromatic heterocycles. The molecule has 0 aliphatic heterocycles. The molecule has 0 spiro atoms. The maximum atomic E-state index is 13.0. The third-order valence-corrected chi connectivity index (χ3v) is 6.09. The van der Waals surface area contributed by atoms with Crippen LogP contribution in [0.4, 0.5) is 4.39 Å². The van der Waals surface area contributed by atoms with E-state index in [4.69, 9.17) is 0 Å². The largest absolute Gasteiger partial charge is 0.357 e. The van der Waals surface area contributed by atoms with Gasteiger partial charge in [-0.2, -0.15) is 0 Å². The highest BCUT2D eigenvalue weighted by molar-refractivity contribution is 7.99. The van der Waals surface area contributed by atoms with E-state index in [1.165, 1.54) is 12.1 Å². The monoisotopic (exact) mass is 406 g/mol. The number of amides is 1. The third-order valence-electron chi connectivity index (χ3n) is 5.10. The van der Waals surface area contributed by atoms with Crippen LogP contribution in [-0.4, -0.2) is 42.8 Å². The number of benzene rings is 1. The molecule has 0 bridgehead atoms. The molecule has 5 nitrogen and oxygen atoms in total. The first kappa shape index (κ1) is 21.0. The molecule has 2 saturated carbocycles. The Hall–Kier alpha value is -1.76. The molecule has 0 heterocycles. The Balaban J connectivity index is 1.44. The smallest absolute Gasteiger partial charge is 0.223 e. The normalized spacial score (nSPS) is 22.6. The third kappa shape index (κ3) is 7.00. The highest BCUT2D eigenvalue weighted by Crippen LogP contribution is 2.26. The van der Waals surface area contributed by atoms with Crippen molar-refractivity contribution in [1.29, 1.82) is 0 Å². The number of guanidine groups is 1. The Labute approximate surface area is 171 Å². The molecule has 28 heavy (non-hydrogen) atoms. The fourth-order valence-corrected chi connectivity index (χ4v) is 4.22. The first-order valence-corrected chi connectivity index (χ1v) is 11.4. The summed E-state index contributed by atoms with van der Waals surface area (Å²) in [5.41, 5.74) is 0. The molecule has 2 atom stereocenters. The molecule has 2 unspecified atom stereocenters. The van der Waals surface area contributed by atoms with Crippen LogP contribution in [0.15, 0.2) is 34.2 Å². The standard InChI is InChI=1S/C21H31FN4OS/c1-2-23-21(24-12-13-28-19-10-6-16(22)7-11-19)26-18-5-3-4-15(14-18)20(27)25-17-8-9-17/h6-7,10-11,15,17-18H,2-5,8-9,12-14H2,1H3,(H,25,27)(H2,23,24,26). The van der Waals surface area contributed by atoms with Gasteiger partial charge in [0.1, 0.15) is 5.82 Å². The fraction of sp³-hybridized carbons (Fsp3) is 0.619. The van der Waals surface area contributed by atoms with Crippen LogP contribution >= 0.6 is 11.8 Å². The summed E-state index contributed by atoms with van der Waals surface area (Å²) in [5.74, 6) is 1.78. The van der Waals surface area contributed by atoms with E-state index in [1.54, 1.807) is 23.9 Å². The minimum absolute atomic E-state index is 0.115. The molecule has 3 N–H and O–H groups in total. The van der Waals surface area contributed by atoms with Crippen LogP contribution in [0, 0.1) is 11.7 Å². The minimum atomic E-state index is -0.211. The summed E-state index contributed by atoms with van der Waals surface area (Å²) >= 11 is 1.67. The van der Waals surface area contributed by atoms with Gasteiger partial charge in [-0.25, -0.2) is 4.39 Å². The Bertz CT molecular complexity index is 663. The molecule has 2 fully saturated rings. The van der Waals surface area contributed by atoms with Crippen molar-refractivity contribution in [2.24, 2.45) is 10.9 Å². The first-order valence-electron chi connectivity index (χ1n) is 10.4. The van der Waals surface area contributed by atoms with E-state index in [2.05, 4.69) is 27.9 Å². The van der Waals surface area contributed by atoms with E-state index in [9.17, 15) is 9.18 Å². The van der Waals surface area contributed by atoms with Crippen LogP contribution in [-0.2, 0) is 4.79 Å². The van der Waals surface area contributed by atoms with Crippen LogP contribution < -0.4 is 16.0 Å². The molecule has 1 aromatic rings. The average Bonchev–Trinajstić information content (AvgIpc) is 3.51. The molecule has 154 valence electrons. The van der Waals surface area contributed by atoms with Crippen molar-refractivity contribution in [3.8, 4) is 0 Å². The summed E-state index contributed by atoms with van der Waals surface area (Å²) in [5, 5.41) is 9.96. The number of nitrogens with zero attached hydrogens (tertiary/aromatic N) is 1. The predicted molar refractivity (Wildman–Crippen MR) is 113 cm³/mol. The average molecular weight is 407 g/mol. The second kappa shape index (κ2) is 10.7. The van der Waals surface area contributed by atoms with Gasteiger partial charge < -0.3 is 16.0 Å². The van der Waals surface area contributed by atoms with Crippen molar-refractivity contribution in [1.82, 2.24) is 16.0 Å². The number of rotatable bonds is 8. The van der Waals surface area contributed by atoms with Gasteiger partial charge in [0.15, 0.2) is 5.96 Å². The van der Waals surface area contributed by atoms with Gasteiger partial charge >= 0.3 is 0 Å². The van der Waals surface area contributed by atoms with Crippen molar-refractivity contribution in [3.63, 3.8) is 0 Å². The lowest BCUT2D eigenvalue weighted by molar-refractivity contribution is -0.126. The molecule has 0 saturated heterocycles. The van der Waals surface area contributed by atoms with Gasteiger partial charge in [-0.05, 0) is 63.3 Å². The Morgan fingerprint density at radius 2 is 1.93 bits per heavy atom. The first-order chi connectivity index (χ1) is 13.6. The molecule has 1 aromatic carbocycles. The van der Waals surface area contributed by atoms with Gasteiger partial charge in [0.25, 0.3) is 0 Å². The number of hydrogen-bond donors (Lipinski definition) is 3. The molecule has 3 rings (SSSR count). The predicted octanol–water partition coefficient (Wildman–Crippen LogP) is 3.31. The Kier molecular flexibility index (Phi) is 8.01. The molecular formula is C21H31FN4OS. The number of nitrogens with one attached hydrogen (secondary N) is 3. The number of hydrogen-bond acceptors (Lipinski definition) is 3. The number of aliphatic imine (C=N–C) groups is 1. The van der Waals surface area contributed by atoms with Crippen LogP contribution in [0.2, 0.25) is 0 Å². The van der Waals surface area contributed by atoms with Crippen molar-refractivity contribution < 1.29 is 9.18 Å². The highest BCUT2D eigenvalue weighted by Gasteiger charge is 2.31. The van der Waals surface area contributed by atoms with Gasteiger partial charge in [-0.3, -0.25) is 9.79 Å². The van der Waals surface area contributed by atoms with Crippen LogP contribution in [0.3, 0.4) is 0 Å². The Morgan fingerprint density at radius 1 is 1.14 bits per heavy atom. The summed E-state index contributed by atoms with van der Waals surface area (Å²) in [6, 6.07) is 7.26. The maximum Gasteiger partial charge on any atom is 0.223 e. The van der Waals surface area contributed by atoms with Gasteiger partial charge in [-0.15, -0.1) is 11.8 Å². The van der Waals surface area contributed by atoms with Crippen LogP contribution in [0.25, 0.3) is 0 Å². The zero-order chi connectivity index (χ0) is 19.8. The number of thioether (sulfide) groups is 1.